The second-order valence-electron chi connectivity index (χ2n) is 8.08. The van der Waals surface area contributed by atoms with Crippen molar-refractivity contribution in [3.8, 4) is 0 Å². The van der Waals surface area contributed by atoms with E-state index in [4.69, 9.17) is 0 Å². The molecular formula is C21H41IN8. The summed E-state index contributed by atoms with van der Waals surface area (Å²) in [5, 5.41) is 6.87. The van der Waals surface area contributed by atoms with Gasteiger partial charge in [-0.25, -0.2) is 9.97 Å². The van der Waals surface area contributed by atoms with Gasteiger partial charge in [-0.2, -0.15) is 0 Å². The number of piperazine rings is 1. The lowest BCUT2D eigenvalue weighted by Gasteiger charge is -2.34. The fourth-order valence-electron chi connectivity index (χ4n) is 3.77. The fraction of sp³-hybridized carbons (Fsp3) is 0.762. The van der Waals surface area contributed by atoms with E-state index in [1.165, 1.54) is 0 Å². The maximum atomic E-state index is 4.35. The van der Waals surface area contributed by atoms with Crippen molar-refractivity contribution in [3.63, 3.8) is 0 Å². The Bertz CT molecular complexity index is 580. The van der Waals surface area contributed by atoms with Crippen LogP contribution in [0.5, 0.6) is 0 Å². The van der Waals surface area contributed by atoms with E-state index in [1.54, 1.807) is 0 Å². The highest BCUT2D eigenvalue weighted by atomic mass is 127. The predicted molar refractivity (Wildman–Crippen MR) is 137 cm³/mol. The molecule has 0 bridgehead atoms. The summed E-state index contributed by atoms with van der Waals surface area (Å²) in [6, 6.07) is 2.97. The third-order valence-electron chi connectivity index (χ3n) is 5.36. The minimum atomic E-state index is 0. The van der Waals surface area contributed by atoms with Crippen LogP contribution in [0.25, 0.3) is 0 Å². The average Bonchev–Trinajstić information content (AvgIpc) is 2.73. The summed E-state index contributed by atoms with van der Waals surface area (Å²) in [6.45, 7) is 17.1. The van der Waals surface area contributed by atoms with Gasteiger partial charge in [-0.3, -0.25) is 14.8 Å². The molecule has 0 amide bonds. The van der Waals surface area contributed by atoms with Gasteiger partial charge in [0.25, 0.3) is 0 Å². The van der Waals surface area contributed by atoms with Crippen molar-refractivity contribution in [1.29, 1.82) is 0 Å². The topological polar surface area (TPSA) is 71.9 Å². The second-order valence-corrected chi connectivity index (χ2v) is 8.08. The molecule has 8 nitrogen and oxygen atoms in total. The summed E-state index contributed by atoms with van der Waals surface area (Å²) < 4.78 is 0. The Morgan fingerprint density at radius 2 is 1.63 bits per heavy atom. The Morgan fingerprint density at radius 1 is 1.03 bits per heavy atom. The standard InChI is InChI=1S/C21H40N8.HI/c1-18(2)29(19(3)4)13-11-24-20(22-5)23-10-7-12-27-14-16-28(17-15-27)21-25-8-6-9-26-21;/h6,8-9,18-19H,7,10-17H2,1-5H3,(H2,22,23,24);1H. The number of nitrogens with one attached hydrogen (secondary N) is 2. The van der Waals surface area contributed by atoms with E-state index in [0.717, 1.165) is 70.7 Å². The highest BCUT2D eigenvalue weighted by Crippen LogP contribution is 2.09. The molecule has 0 saturated carbocycles. The minimum Gasteiger partial charge on any atom is -0.356 e. The van der Waals surface area contributed by atoms with Gasteiger partial charge >= 0.3 is 0 Å². The van der Waals surface area contributed by atoms with Crippen LogP contribution in [0.1, 0.15) is 34.1 Å². The third kappa shape index (κ3) is 9.30. The zero-order chi connectivity index (χ0) is 21.1. The molecule has 0 aliphatic carbocycles. The second kappa shape index (κ2) is 14.7. The van der Waals surface area contributed by atoms with Gasteiger partial charge in [-0.1, -0.05) is 0 Å². The monoisotopic (exact) mass is 532 g/mol. The molecule has 2 heterocycles. The predicted octanol–water partition coefficient (Wildman–Crippen LogP) is 1.89. The van der Waals surface area contributed by atoms with E-state index < -0.39 is 0 Å². The van der Waals surface area contributed by atoms with Crippen molar-refractivity contribution in [3.05, 3.63) is 18.5 Å². The van der Waals surface area contributed by atoms with Crippen molar-refractivity contribution in [2.24, 2.45) is 4.99 Å². The van der Waals surface area contributed by atoms with Crippen molar-refractivity contribution in [1.82, 2.24) is 30.4 Å². The van der Waals surface area contributed by atoms with Crippen molar-refractivity contribution in [2.75, 3.05) is 64.3 Å². The largest absolute Gasteiger partial charge is 0.356 e. The number of anilines is 1. The Kier molecular flexibility index (Phi) is 13.2. The fourth-order valence-corrected chi connectivity index (χ4v) is 3.77. The van der Waals surface area contributed by atoms with Gasteiger partial charge in [0, 0.05) is 77.3 Å². The first-order valence-corrected chi connectivity index (χ1v) is 11.0. The number of hydrogen-bond donors (Lipinski definition) is 2. The first-order valence-electron chi connectivity index (χ1n) is 11.0. The summed E-state index contributed by atoms with van der Waals surface area (Å²) in [4.78, 5) is 20.3. The number of aliphatic imine (C=N–C) groups is 1. The molecule has 0 atom stereocenters. The van der Waals surface area contributed by atoms with Crippen LogP contribution in [-0.2, 0) is 0 Å². The molecule has 1 aliphatic rings. The van der Waals surface area contributed by atoms with Crippen LogP contribution in [-0.4, -0.2) is 97.2 Å². The van der Waals surface area contributed by atoms with Crippen LogP contribution in [0.15, 0.2) is 23.5 Å². The summed E-state index contributed by atoms with van der Waals surface area (Å²) in [5.41, 5.74) is 0. The summed E-state index contributed by atoms with van der Waals surface area (Å²) >= 11 is 0. The smallest absolute Gasteiger partial charge is 0.225 e. The summed E-state index contributed by atoms with van der Waals surface area (Å²) in [7, 11) is 1.84. The molecule has 1 aliphatic heterocycles. The lowest BCUT2D eigenvalue weighted by molar-refractivity contribution is 0.178. The number of guanidine groups is 1. The SMILES string of the molecule is CN=C(NCCCN1CCN(c2ncccn2)CC1)NCCN(C(C)C)C(C)C.I. The van der Waals surface area contributed by atoms with Gasteiger partial charge in [0.1, 0.15) is 0 Å². The van der Waals surface area contributed by atoms with E-state index in [2.05, 4.69) is 68.0 Å². The van der Waals surface area contributed by atoms with E-state index in [1.807, 2.05) is 25.5 Å². The summed E-state index contributed by atoms with van der Waals surface area (Å²) in [6.07, 6.45) is 4.72. The van der Waals surface area contributed by atoms with Crippen molar-refractivity contribution >= 4 is 35.9 Å². The first kappa shape index (κ1) is 26.8. The van der Waals surface area contributed by atoms with Crippen molar-refractivity contribution < 1.29 is 0 Å². The molecule has 30 heavy (non-hydrogen) atoms. The number of rotatable bonds is 10. The lowest BCUT2D eigenvalue weighted by Crippen LogP contribution is -2.48. The van der Waals surface area contributed by atoms with Gasteiger partial charge in [0.15, 0.2) is 5.96 Å². The molecule has 2 N–H and O–H groups in total. The zero-order valence-electron chi connectivity index (χ0n) is 19.3. The molecule has 1 saturated heterocycles. The van der Waals surface area contributed by atoms with Crippen LogP contribution in [0, 0.1) is 0 Å². The van der Waals surface area contributed by atoms with E-state index in [9.17, 15) is 0 Å². The molecule has 9 heteroatoms. The number of halogens is 1. The maximum Gasteiger partial charge on any atom is 0.225 e. The van der Waals surface area contributed by atoms with E-state index >= 15 is 0 Å². The Morgan fingerprint density at radius 3 is 2.20 bits per heavy atom. The normalized spacial score (nSPS) is 15.6. The molecule has 0 unspecified atom stereocenters. The van der Waals surface area contributed by atoms with Gasteiger partial charge in [0.2, 0.25) is 5.95 Å². The molecular weight excluding hydrogens is 491 g/mol. The highest BCUT2D eigenvalue weighted by Gasteiger charge is 2.18. The Labute approximate surface area is 199 Å². The number of aromatic nitrogens is 2. The highest BCUT2D eigenvalue weighted by molar-refractivity contribution is 14.0. The van der Waals surface area contributed by atoms with Crippen LogP contribution in [0.2, 0.25) is 0 Å². The molecule has 172 valence electrons. The Balaban J connectivity index is 0.00000450. The quantitative estimate of drug-likeness (QED) is 0.207. The van der Waals surface area contributed by atoms with Gasteiger partial charge in [0.05, 0.1) is 0 Å². The maximum absolute atomic E-state index is 4.35. The van der Waals surface area contributed by atoms with Gasteiger partial charge in [-0.15, -0.1) is 24.0 Å². The third-order valence-corrected chi connectivity index (χ3v) is 5.36. The molecule has 0 aromatic carbocycles. The number of nitrogens with zero attached hydrogens (tertiary/aromatic N) is 6. The van der Waals surface area contributed by atoms with Gasteiger partial charge in [-0.05, 0) is 46.7 Å². The van der Waals surface area contributed by atoms with E-state index in [0.29, 0.717) is 12.1 Å². The van der Waals surface area contributed by atoms with Gasteiger partial charge < -0.3 is 15.5 Å². The lowest BCUT2D eigenvalue weighted by atomic mass is 10.2. The molecule has 1 fully saturated rings. The zero-order valence-corrected chi connectivity index (χ0v) is 21.7. The average molecular weight is 533 g/mol. The molecule has 2 rings (SSSR count). The first-order chi connectivity index (χ1) is 14.0. The van der Waals surface area contributed by atoms with Crippen LogP contribution < -0.4 is 15.5 Å². The Hall–Kier alpha value is -1.20. The van der Waals surface area contributed by atoms with E-state index in [-0.39, 0.29) is 24.0 Å². The molecule has 0 radical (unpaired) electrons. The van der Waals surface area contributed by atoms with Crippen LogP contribution >= 0.6 is 24.0 Å². The molecule has 1 aromatic heterocycles. The number of hydrogen-bond acceptors (Lipinski definition) is 6. The van der Waals surface area contributed by atoms with Crippen molar-refractivity contribution in [2.45, 2.75) is 46.2 Å². The summed E-state index contributed by atoms with van der Waals surface area (Å²) in [5.74, 6) is 1.74. The molecule has 1 aromatic rings. The molecule has 0 spiro atoms. The van der Waals surface area contributed by atoms with Crippen LogP contribution in [0.4, 0.5) is 5.95 Å². The minimum absolute atomic E-state index is 0. The van der Waals surface area contributed by atoms with Crippen LogP contribution in [0.3, 0.4) is 0 Å².